The van der Waals surface area contributed by atoms with Gasteiger partial charge in [0, 0.05) is 24.2 Å². The van der Waals surface area contributed by atoms with Crippen LogP contribution in [-0.4, -0.2) is 52.8 Å². The number of hydrogen-bond acceptors (Lipinski definition) is 4. The zero-order valence-electron chi connectivity index (χ0n) is 16.4. The van der Waals surface area contributed by atoms with Crippen LogP contribution in [0.4, 0.5) is 5.69 Å². The van der Waals surface area contributed by atoms with E-state index >= 15 is 0 Å². The maximum Gasteiger partial charge on any atom is 0.275 e. The first-order valence-corrected chi connectivity index (χ1v) is 9.87. The van der Waals surface area contributed by atoms with Crippen LogP contribution in [0.3, 0.4) is 0 Å². The highest BCUT2D eigenvalue weighted by Gasteiger charge is 2.24. The first kappa shape index (κ1) is 19.1. The van der Waals surface area contributed by atoms with E-state index in [1.54, 1.807) is 9.58 Å². The minimum atomic E-state index is -0.176. The van der Waals surface area contributed by atoms with E-state index in [4.69, 9.17) is 4.74 Å². The van der Waals surface area contributed by atoms with Crippen molar-refractivity contribution in [3.63, 3.8) is 0 Å². The smallest absolute Gasteiger partial charge is 0.275 e. The Kier molecular flexibility index (Phi) is 5.57. The summed E-state index contributed by atoms with van der Waals surface area (Å²) < 4.78 is 6.94. The van der Waals surface area contributed by atoms with Gasteiger partial charge in [-0.1, -0.05) is 43.3 Å². The summed E-state index contributed by atoms with van der Waals surface area (Å²) in [6.45, 7) is 4.25. The van der Waals surface area contributed by atoms with Crippen LogP contribution >= 0.6 is 0 Å². The molecule has 2 heterocycles. The number of para-hydroxylation sites is 2. The molecule has 3 aromatic rings. The Morgan fingerprint density at radius 3 is 2.59 bits per heavy atom. The van der Waals surface area contributed by atoms with Crippen molar-refractivity contribution in [1.82, 2.24) is 14.7 Å². The van der Waals surface area contributed by atoms with Gasteiger partial charge in [-0.05, 0) is 24.1 Å². The molecule has 0 spiro atoms. The first-order valence-electron chi connectivity index (χ1n) is 9.87. The van der Waals surface area contributed by atoms with E-state index in [1.165, 1.54) is 0 Å². The molecule has 7 heteroatoms. The number of anilines is 1. The lowest BCUT2D eigenvalue weighted by Gasteiger charge is -2.26. The van der Waals surface area contributed by atoms with Crippen molar-refractivity contribution in [2.24, 2.45) is 0 Å². The minimum Gasteiger partial charge on any atom is -0.378 e. The molecule has 0 aliphatic carbocycles. The van der Waals surface area contributed by atoms with Crippen LogP contribution in [0.25, 0.3) is 10.9 Å². The second kappa shape index (κ2) is 8.45. The summed E-state index contributed by atoms with van der Waals surface area (Å²) in [4.78, 5) is 27.4. The quantitative estimate of drug-likeness (QED) is 0.724. The van der Waals surface area contributed by atoms with E-state index in [1.807, 2.05) is 48.5 Å². The fraction of sp³-hybridized carbons (Fsp3) is 0.318. The van der Waals surface area contributed by atoms with Gasteiger partial charge in [0.15, 0.2) is 5.69 Å². The van der Waals surface area contributed by atoms with Gasteiger partial charge in [0.2, 0.25) is 5.91 Å². The summed E-state index contributed by atoms with van der Waals surface area (Å²) in [5, 5.41) is 8.23. The van der Waals surface area contributed by atoms with Gasteiger partial charge in [-0.3, -0.25) is 14.3 Å². The van der Waals surface area contributed by atoms with Crippen LogP contribution in [0.1, 0.15) is 23.0 Å². The van der Waals surface area contributed by atoms with Crippen molar-refractivity contribution in [2.75, 3.05) is 31.6 Å². The number of amides is 2. The molecule has 1 N–H and O–H groups in total. The van der Waals surface area contributed by atoms with Crippen LogP contribution in [0.2, 0.25) is 0 Å². The third-order valence-electron chi connectivity index (χ3n) is 5.12. The van der Waals surface area contributed by atoms with Crippen LogP contribution < -0.4 is 5.32 Å². The first-order chi connectivity index (χ1) is 14.2. The Bertz CT molecular complexity index is 1040. The van der Waals surface area contributed by atoms with Crippen molar-refractivity contribution in [1.29, 1.82) is 0 Å². The molecule has 0 radical (unpaired) electrons. The maximum atomic E-state index is 13.0. The molecule has 150 valence electrons. The molecule has 7 nitrogen and oxygen atoms in total. The van der Waals surface area contributed by atoms with Gasteiger partial charge in [-0.15, -0.1) is 0 Å². The van der Waals surface area contributed by atoms with E-state index in [0.717, 1.165) is 28.6 Å². The highest BCUT2D eigenvalue weighted by molar-refractivity contribution is 6.05. The van der Waals surface area contributed by atoms with Gasteiger partial charge in [-0.2, -0.15) is 5.10 Å². The molecule has 1 aliphatic heterocycles. The summed E-state index contributed by atoms with van der Waals surface area (Å²) in [6, 6.07) is 15.3. The van der Waals surface area contributed by atoms with Crippen LogP contribution in [-0.2, 0) is 22.5 Å². The maximum absolute atomic E-state index is 13.0. The largest absolute Gasteiger partial charge is 0.378 e. The number of carbonyl (C=O) groups excluding carboxylic acids is 2. The van der Waals surface area contributed by atoms with Crippen LogP contribution in [0.15, 0.2) is 48.5 Å². The fourth-order valence-corrected chi connectivity index (χ4v) is 3.60. The van der Waals surface area contributed by atoms with E-state index < -0.39 is 0 Å². The lowest BCUT2D eigenvalue weighted by atomic mass is 10.1. The van der Waals surface area contributed by atoms with E-state index in [9.17, 15) is 9.59 Å². The number of hydrogen-bond donors (Lipinski definition) is 1. The molecule has 0 bridgehead atoms. The SMILES string of the molecule is CCc1ccccc1NC(=O)Cn1nc(C(=O)N2CCOCC2)c2ccccc21. The van der Waals surface area contributed by atoms with E-state index in [2.05, 4.69) is 17.3 Å². The molecular weight excluding hydrogens is 368 g/mol. The standard InChI is InChI=1S/C22H24N4O3/c1-2-16-7-3-5-9-18(16)23-20(27)15-26-19-10-6-4-8-17(19)21(24-26)22(28)25-11-13-29-14-12-25/h3-10H,2,11-15H2,1H3,(H,23,27). The number of rotatable bonds is 5. The molecule has 0 atom stereocenters. The molecular formula is C22H24N4O3. The zero-order chi connectivity index (χ0) is 20.2. The number of morpholine rings is 1. The Morgan fingerprint density at radius 2 is 1.79 bits per heavy atom. The molecule has 1 aliphatic rings. The molecule has 2 amide bonds. The van der Waals surface area contributed by atoms with Gasteiger partial charge in [0.05, 0.1) is 18.7 Å². The second-order valence-electron chi connectivity index (χ2n) is 6.99. The molecule has 1 fully saturated rings. The molecule has 1 aromatic heterocycles. The van der Waals surface area contributed by atoms with Crippen LogP contribution in [0.5, 0.6) is 0 Å². The third-order valence-corrected chi connectivity index (χ3v) is 5.12. The molecule has 29 heavy (non-hydrogen) atoms. The minimum absolute atomic E-state index is 0.0367. The molecule has 0 unspecified atom stereocenters. The number of benzene rings is 2. The van der Waals surface area contributed by atoms with Crippen molar-refractivity contribution < 1.29 is 14.3 Å². The van der Waals surface area contributed by atoms with Gasteiger partial charge >= 0.3 is 0 Å². The Hall–Kier alpha value is -3.19. The van der Waals surface area contributed by atoms with Crippen LogP contribution in [0, 0.1) is 0 Å². The number of fused-ring (bicyclic) bond motifs is 1. The topological polar surface area (TPSA) is 76.5 Å². The van der Waals surface area contributed by atoms with Gasteiger partial charge < -0.3 is 15.0 Å². The summed E-state index contributed by atoms with van der Waals surface area (Å²) in [5.41, 5.74) is 3.03. The van der Waals surface area contributed by atoms with Gasteiger partial charge in [-0.25, -0.2) is 0 Å². The highest BCUT2D eigenvalue weighted by Crippen LogP contribution is 2.21. The molecule has 0 saturated carbocycles. The average Bonchev–Trinajstić information content (AvgIpc) is 3.12. The Balaban J connectivity index is 1.59. The Labute approximate surface area is 169 Å². The number of aryl methyl sites for hydroxylation is 1. The van der Waals surface area contributed by atoms with Crippen molar-refractivity contribution in [3.05, 3.63) is 59.8 Å². The number of nitrogens with zero attached hydrogens (tertiary/aromatic N) is 3. The van der Waals surface area contributed by atoms with Crippen molar-refractivity contribution in [2.45, 2.75) is 19.9 Å². The lowest BCUT2D eigenvalue weighted by Crippen LogP contribution is -2.41. The Morgan fingerprint density at radius 1 is 1.07 bits per heavy atom. The zero-order valence-corrected chi connectivity index (χ0v) is 16.4. The number of aromatic nitrogens is 2. The summed E-state index contributed by atoms with van der Waals surface area (Å²) in [5.74, 6) is -0.301. The second-order valence-corrected chi connectivity index (χ2v) is 6.99. The number of ether oxygens (including phenoxy) is 1. The fourth-order valence-electron chi connectivity index (χ4n) is 3.60. The molecule has 1 saturated heterocycles. The van der Waals surface area contributed by atoms with E-state index in [-0.39, 0.29) is 18.4 Å². The average molecular weight is 392 g/mol. The normalized spacial score (nSPS) is 14.2. The monoisotopic (exact) mass is 392 g/mol. The molecule has 4 rings (SSSR count). The summed E-state index contributed by atoms with van der Waals surface area (Å²) >= 11 is 0. The summed E-state index contributed by atoms with van der Waals surface area (Å²) in [6.07, 6.45) is 0.833. The summed E-state index contributed by atoms with van der Waals surface area (Å²) in [7, 11) is 0. The predicted molar refractivity (Wildman–Crippen MR) is 111 cm³/mol. The predicted octanol–water partition coefficient (Wildman–Crippen LogP) is 2.71. The highest BCUT2D eigenvalue weighted by atomic mass is 16.5. The van der Waals surface area contributed by atoms with Crippen molar-refractivity contribution in [3.8, 4) is 0 Å². The third kappa shape index (κ3) is 4.00. The van der Waals surface area contributed by atoms with Gasteiger partial charge in [0.1, 0.15) is 6.54 Å². The number of carbonyl (C=O) groups is 2. The van der Waals surface area contributed by atoms with Gasteiger partial charge in [0.25, 0.3) is 5.91 Å². The van der Waals surface area contributed by atoms with E-state index in [0.29, 0.717) is 32.0 Å². The van der Waals surface area contributed by atoms with Crippen molar-refractivity contribution >= 4 is 28.4 Å². The molecule has 2 aromatic carbocycles. The lowest BCUT2D eigenvalue weighted by molar-refractivity contribution is -0.116. The number of nitrogens with one attached hydrogen (secondary N) is 1.